The molecule has 0 atom stereocenters. The van der Waals surface area contributed by atoms with E-state index in [9.17, 15) is 14.9 Å². The van der Waals surface area contributed by atoms with Crippen molar-refractivity contribution in [3.63, 3.8) is 0 Å². The molecule has 170 valence electrons. The lowest BCUT2D eigenvalue weighted by Gasteiger charge is -2.19. The van der Waals surface area contributed by atoms with Gasteiger partial charge in [0.1, 0.15) is 0 Å². The van der Waals surface area contributed by atoms with E-state index >= 15 is 0 Å². The van der Waals surface area contributed by atoms with Crippen LogP contribution >= 0.6 is 35.1 Å². The van der Waals surface area contributed by atoms with Gasteiger partial charge in [0.2, 0.25) is 6.79 Å². The molecule has 4 rings (SSSR count). The summed E-state index contributed by atoms with van der Waals surface area (Å²) in [5.41, 5.74) is 0.743. The maximum absolute atomic E-state index is 13.0. The van der Waals surface area contributed by atoms with Crippen molar-refractivity contribution in [3.05, 3.63) is 45.3 Å². The van der Waals surface area contributed by atoms with Crippen LogP contribution in [0.4, 0.5) is 10.1 Å². The Kier molecular flexibility index (Phi) is 7.67. The summed E-state index contributed by atoms with van der Waals surface area (Å²) in [5.74, 6) is 1.09. The number of hydrogen-bond acceptors (Lipinski definition) is 9. The van der Waals surface area contributed by atoms with Gasteiger partial charge in [-0.05, 0) is 39.2 Å². The van der Waals surface area contributed by atoms with Crippen molar-refractivity contribution < 1.29 is 19.2 Å². The first-order valence-electron chi connectivity index (χ1n) is 9.49. The number of anilines is 1. The normalized spacial score (nSPS) is 12.5. The number of hydrogen-bond donors (Lipinski definition) is 0. The number of thiazole rings is 1. The van der Waals surface area contributed by atoms with E-state index < -0.39 is 4.92 Å². The molecule has 1 aliphatic rings. The summed E-state index contributed by atoms with van der Waals surface area (Å²) >= 11 is 2.44. The molecule has 1 aliphatic heterocycles. The molecule has 3 aromatic rings. The molecule has 0 N–H and O–H groups in total. The number of amides is 1. The minimum Gasteiger partial charge on any atom is -0.454 e. The number of thiophene rings is 1. The summed E-state index contributed by atoms with van der Waals surface area (Å²) in [5, 5.41) is 11.5. The summed E-state index contributed by atoms with van der Waals surface area (Å²) in [4.78, 5) is 32.4. The monoisotopic (exact) mass is 496 g/mol. The fraction of sp³-hybridized carbons (Fsp3) is 0.300. The van der Waals surface area contributed by atoms with Crippen molar-refractivity contribution in [2.24, 2.45) is 0 Å². The lowest BCUT2D eigenvalue weighted by atomic mass is 10.3. The molecule has 0 saturated heterocycles. The highest BCUT2D eigenvalue weighted by molar-refractivity contribution is 7.22. The molecule has 32 heavy (non-hydrogen) atoms. The maximum atomic E-state index is 13.0. The molecule has 1 amide bonds. The van der Waals surface area contributed by atoms with E-state index in [0.29, 0.717) is 28.1 Å². The molecular formula is C20H21ClN4O5S2. The Hall–Kier alpha value is -2.73. The number of nitrogens with zero attached hydrogens (tertiary/aromatic N) is 4. The standard InChI is InChI=1S/C20H20N4O5S2.ClH/c1-22(2)8-3-9-23(18(25)6-4-13-5-7-19(30-13)24(26)27)20-21-14-10-15-16(29-12-28-15)11-17(14)31-20;/h4-7,10-11H,3,8-9,12H2,1-2H3;1H. The molecule has 2 aromatic heterocycles. The van der Waals surface area contributed by atoms with Crippen molar-refractivity contribution in [1.29, 1.82) is 0 Å². The van der Waals surface area contributed by atoms with Crippen LogP contribution in [0.3, 0.4) is 0 Å². The molecule has 3 heterocycles. The Bertz CT molecular complexity index is 1120. The van der Waals surface area contributed by atoms with Gasteiger partial charge in [0.15, 0.2) is 16.6 Å². The lowest BCUT2D eigenvalue weighted by Crippen LogP contribution is -2.32. The molecular weight excluding hydrogens is 476 g/mol. The van der Waals surface area contributed by atoms with Gasteiger partial charge in [0.25, 0.3) is 5.91 Å². The number of carbonyl (C=O) groups is 1. The van der Waals surface area contributed by atoms with Crippen LogP contribution < -0.4 is 14.4 Å². The second kappa shape index (κ2) is 10.3. The predicted octanol–water partition coefficient (Wildman–Crippen LogP) is 4.41. The van der Waals surface area contributed by atoms with E-state index in [1.807, 2.05) is 26.2 Å². The molecule has 0 fully saturated rings. The van der Waals surface area contributed by atoms with Crippen molar-refractivity contribution in [1.82, 2.24) is 9.88 Å². The first kappa shape index (κ1) is 23.9. The lowest BCUT2D eigenvalue weighted by molar-refractivity contribution is -0.380. The van der Waals surface area contributed by atoms with Gasteiger partial charge in [-0.1, -0.05) is 22.7 Å². The van der Waals surface area contributed by atoms with Gasteiger partial charge in [0, 0.05) is 35.7 Å². The van der Waals surface area contributed by atoms with Gasteiger partial charge < -0.3 is 14.4 Å². The third-order valence-electron chi connectivity index (χ3n) is 4.54. The quantitative estimate of drug-likeness (QED) is 0.258. The zero-order valence-corrected chi connectivity index (χ0v) is 19.8. The van der Waals surface area contributed by atoms with Gasteiger partial charge in [0.05, 0.1) is 15.1 Å². The SMILES string of the molecule is CN(C)CCCN(C(=O)C=Cc1ccc([N+](=O)[O-])s1)c1nc2cc3c(cc2s1)OCO3.Cl. The van der Waals surface area contributed by atoms with Crippen LogP contribution in [0, 0.1) is 10.1 Å². The first-order chi connectivity index (χ1) is 14.9. The third kappa shape index (κ3) is 5.36. The Morgan fingerprint density at radius 3 is 2.66 bits per heavy atom. The highest BCUT2D eigenvalue weighted by atomic mass is 35.5. The van der Waals surface area contributed by atoms with E-state index in [1.54, 1.807) is 17.0 Å². The van der Waals surface area contributed by atoms with Crippen molar-refractivity contribution in [2.45, 2.75) is 6.42 Å². The van der Waals surface area contributed by atoms with Gasteiger partial charge >= 0.3 is 5.00 Å². The zero-order chi connectivity index (χ0) is 22.0. The minimum absolute atomic E-state index is 0. The topological polar surface area (TPSA) is 98.0 Å². The molecule has 0 radical (unpaired) electrons. The number of aromatic nitrogens is 1. The molecule has 0 spiro atoms. The molecule has 12 heteroatoms. The van der Waals surface area contributed by atoms with Gasteiger partial charge in [-0.3, -0.25) is 19.8 Å². The first-order valence-corrected chi connectivity index (χ1v) is 11.1. The summed E-state index contributed by atoms with van der Waals surface area (Å²) in [7, 11) is 3.96. The number of fused-ring (bicyclic) bond motifs is 2. The highest BCUT2D eigenvalue weighted by Gasteiger charge is 2.21. The summed E-state index contributed by atoms with van der Waals surface area (Å²) in [6.45, 7) is 1.52. The number of ether oxygens (including phenoxy) is 2. The van der Waals surface area contributed by atoms with E-state index in [4.69, 9.17) is 9.47 Å². The van der Waals surface area contributed by atoms with Crippen LogP contribution in [-0.4, -0.2) is 54.7 Å². The Labute approximate surface area is 198 Å². The zero-order valence-electron chi connectivity index (χ0n) is 17.3. The van der Waals surface area contributed by atoms with E-state index in [0.717, 1.165) is 34.5 Å². The Morgan fingerprint density at radius 2 is 1.97 bits per heavy atom. The second-order valence-electron chi connectivity index (χ2n) is 7.08. The van der Waals surface area contributed by atoms with Gasteiger partial charge in [-0.2, -0.15) is 0 Å². The van der Waals surface area contributed by atoms with Crippen LogP contribution in [-0.2, 0) is 4.79 Å². The minimum atomic E-state index is -0.441. The van der Waals surface area contributed by atoms with Crippen molar-refractivity contribution in [2.75, 3.05) is 38.9 Å². The Morgan fingerprint density at radius 1 is 1.22 bits per heavy atom. The summed E-state index contributed by atoms with van der Waals surface area (Å²) < 4.78 is 11.8. The second-order valence-corrected chi connectivity index (χ2v) is 9.19. The average molecular weight is 497 g/mol. The smallest absolute Gasteiger partial charge is 0.324 e. The molecule has 0 aliphatic carbocycles. The van der Waals surface area contributed by atoms with Crippen LogP contribution in [0.15, 0.2) is 30.3 Å². The van der Waals surface area contributed by atoms with Crippen LogP contribution in [0.1, 0.15) is 11.3 Å². The molecule has 0 bridgehead atoms. The molecule has 0 saturated carbocycles. The third-order valence-corrected chi connectivity index (χ3v) is 6.58. The van der Waals surface area contributed by atoms with E-state index in [-0.39, 0.29) is 30.1 Å². The number of rotatable bonds is 8. The summed E-state index contributed by atoms with van der Waals surface area (Å²) in [6.07, 6.45) is 3.81. The number of carbonyl (C=O) groups excluding carboxylic acids is 1. The maximum Gasteiger partial charge on any atom is 0.324 e. The van der Waals surface area contributed by atoms with Crippen LogP contribution in [0.2, 0.25) is 0 Å². The van der Waals surface area contributed by atoms with Gasteiger partial charge in [-0.15, -0.1) is 12.4 Å². The van der Waals surface area contributed by atoms with Crippen molar-refractivity contribution >= 4 is 67.4 Å². The van der Waals surface area contributed by atoms with E-state index in [1.165, 1.54) is 23.5 Å². The molecule has 1 aromatic carbocycles. The molecule has 0 unspecified atom stereocenters. The number of nitro groups is 1. The molecule has 9 nitrogen and oxygen atoms in total. The Balaban J connectivity index is 0.00000289. The van der Waals surface area contributed by atoms with Gasteiger partial charge in [-0.25, -0.2) is 4.98 Å². The van der Waals surface area contributed by atoms with E-state index in [2.05, 4.69) is 9.88 Å². The predicted molar refractivity (Wildman–Crippen MR) is 129 cm³/mol. The highest BCUT2D eigenvalue weighted by Crippen LogP contribution is 2.40. The number of halogens is 1. The average Bonchev–Trinajstić information content (AvgIpc) is 3.45. The fourth-order valence-electron chi connectivity index (χ4n) is 3.04. The largest absolute Gasteiger partial charge is 0.454 e. The fourth-order valence-corrected chi connectivity index (χ4v) is 4.77. The summed E-state index contributed by atoms with van der Waals surface area (Å²) in [6, 6.07) is 6.76. The van der Waals surface area contributed by atoms with Crippen LogP contribution in [0.25, 0.3) is 16.3 Å². The van der Waals surface area contributed by atoms with Crippen molar-refractivity contribution in [3.8, 4) is 11.5 Å². The van der Waals surface area contributed by atoms with Crippen LogP contribution in [0.5, 0.6) is 11.5 Å². The number of benzene rings is 1.